The van der Waals surface area contributed by atoms with E-state index >= 15 is 0 Å². The highest BCUT2D eigenvalue weighted by atomic mass is 15.2. The van der Waals surface area contributed by atoms with Gasteiger partial charge in [-0.25, -0.2) is 4.98 Å². The fourth-order valence-electron chi connectivity index (χ4n) is 4.51. The van der Waals surface area contributed by atoms with Gasteiger partial charge < -0.3 is 5.32 Å². The average Bonchev–Trinajstić information content (AvgIpc) is 3.15. The van der Waals surface area contributed by atoms with Crippen LogP contribution in [0.3, 0.4) is 0 Å². The predicted molar refractivity (Wildman–Crippen MR) is 128 cm³/mol. The maximum absolute atomic E-state index is 5.04. The van der Waals surface area contributed by atoms with E-state index in [1.165, 1.54) is 35.0 Å². The Balaban J connectivity index is 1.61. The molecule has 0 bridgehead atoms. The second-order valence-corrected chi connectivity index (χ2v) is 8.13. The van der Waals surface area contributed by atoms with E-state index in [9.17, 15) is 0 Å². The lowest BCUT2D eigenvalue weighted by atomic mass is 9.96. The van der Waals surface area contributed by atoms with Crippen molar-refractivity contribution in [3.05, 3.63) is 82.7 Å². The van der Waals surface area contributed by atoms with Gasteiger partial charge in [0.1, 0.15) is 5.82 Å². The normalized spacial score (nSPS) is 13.6. The Labute approximate surface area is 182 Å². The first-order valence-corrected chi connectivity index (χ1v) is 11.0. The summed E-state index contributed by atoms with van der Waals surface area (Å²) < 4.78 is 2.17. The van der Waals surface area contributed by atoms with Crippen LogP contribution in [0, 0.1) is 6.92 Å². The number of hydrogen-bond donors (Lipinski definition) is 1. The molecule has 5 rings (SSSR count). The SMILES string of the molecule is CN=Cc1cccc2c1cc(C)n2-c1nc2c(c(NCc3ccccc3)n1)CCCC2. The summed E-state index contributed by atoms with van der Waals surface area (Å²) in [6.07, 6.45) is 6.34. The molecular formula is C26H27N5. The van der Waals surface area contributed by atoms with Crippen LogP contribution in [0.15, 0.2) is 59.6 Å². The number of aromatic nitrogens is 3. The summed E-state index contributed by atoms with van der Waals surface area (Å²) in [6.45, 7) is 2.87. The molecule has 156 valence electrons. The molecule has 0 saturated carbocycles. The molecule has 0 spiro atoms. The first-order chi connectivity index (χ1) is 15.2. The van der Waals surface area contributed by atoms with Crippen LogP contribution in [0.25, 0.3) is 16.9 Å². The van der Waals surface area contributed by atoms with Crippen molar-refractivity contribution >= 4 is 22.9 Å². The van der Waals surface area contributed by atoms with E-state index in [4.69, 9.17) is 9.97 Å². The highest BCUT2D eigenvalue weighted by Crippen LogP contribution is 2.30. The van der Waals surface area contributed by atoms with Crippen molar-refractivity contribution in [1.29, 1.82) is 0 Å². The van der Waals surface area contributed by atoms with Crippen LogP contribution >= 0.6 is 0 Å². The third-order valence-corrected chi connectivity index (χ3v) is 6.01. The van der Waals surface area contributed by atoms with Gasteiger partial charge in [-0.05, 0) is 50.3 Å². The number of aliphatic imine (C=N–C) groups is 1. The van der Waals surface area contributed by atoms with Gasteiger partial charge in [0.25, 0.3) is 0 Å². The smallest absolute Gasteiger partial charge is 0.236 e. The van der Waals surface area contributed by atoms with Gasteiger partial charge in [0, 0.05) is 42.0 Å². The Morgan fingerprint density at radius 2 is 1.87 bits per heavy atom. The topological polar surface area (TPSA) is 55.1 Å². The molecular weight excluding hydrogens is 382 g/mol. The number of fused-ring (bicyclic) bond motifs is 2. The molecule has 2 heterocycles. The van der Waals surface area contributed by atoms with E-state index in [0.717, 1.165) is 47.9 Å². The Kier molecular flexibility index (Phi) is 5.24. The van der Waals surface area contributed by atoms with Gasteiger partial charge >= 0.3 is 0 Å². The standard InChI is InChI=1S/C26H27N5/c1-18-15-22-20(17-27-2)11-8-14-24(22)31(18)26-29-23-13-7-6-12-21(23)25(30-26)28-16-19-9-4-3-5-10-19/h3-5,8-11,14-15,17H,6-7,12-13,16H2,1-2H3,(H,28,29,30). The lowest BCUT2D eigenvalue weighted by Crippen LogP contribution is -2.16. The van der Waals surface area contributed by atoms with E-state index in [0.29, 0.717) is 0 Å². The molecule has 2 aromatic carbocycles. The number of aryl methyl sites for hydroxylation is 2. The molecule has 2 aromatic heterocycles. The molecule has 0 aliphatic heterocycles. The van der Waals surface area contributed by atoms with Crippen molar-refractivity contribution in [2.75, 3.05) is 12.4 Å². The van der Waals surface area contributed by atoms with Gasteiger partial charge in [0.05, 0.1) is 11.2 Å². The monoisotopic (exact) mass is 409 g/mol. The zero-order valence-electron chi connectivity index (χ0n) is 18.1. The molecule has 5 nitrogen and oxygen atoms in total. The van der Waals surface area contributed by atoms with Crippen molar-refractivity contribution in [3.63, 3.8) is 0 Å². The molecule has 5 heteroatoms. The van der Waals surface area contributed by atoms with Crippen LogP contribution in [0.1, 0.15) is 40.9 Å². The van der Waals surface area contributed by atoms with E-state index in [1.807, 2.05) is 12.3 Å². The maximum Gasteiger partial charge on any atom is 0.236 e. The molecule has 0 fully saturated rings. The average molecular weight is 410 g/mol. The number of nitrogens with zero attached hydrogens (tertiary/aromatic N) is 4. The van der Waals surface area contributed by atoms with Gasteiger partial charge in [0.2, 0.25) is 5.95 Å². The lowest BCUT2D eigenvalue weighted by molar-refractivity contribution is 0.659. The summed E-state index contributed by atoms with van der Waals surface area (Å²) in [5, 5.41) is 4.78. The van der Waals surface area contributed by atoms with E-state index in [1.54, 1.807) is 7.05 Å². The molecule has 0 saturated heterocycles. The van der Waals surface area contributed by atoms with E-state index in [-0.39, 0.29) is 0 Å². The van der Waals surface area contributed by atoms with Crippen LogP contribution in [-0.2, 0) is 19.4 Å². The first-order valence-electron chi connectivity index (χ1n) is 11.0. The summed E-state index contributed by atoms with van der Waals surface area (Å²) in [7, 11) is 1.81. The van der Waals surface area contributed by atoms with Gasteiger partial charge in [-0.15, -0.1) is 0 Å². The Bertz CT molecular complexity index is 1250. The second kappa shape index (κ2) is 8.34. The number of hydrogen-bond acceptors (Lipinski definition) is 4. The number of benzene rings is 2. The van der Waals surface area contributed by atoms with Crippen molar-refractivity contribution in [2.45, 2.75) is 39.2 Å². The fraction of sp³-hybridized carbons (Fsp3) is 0.269. The second-order valence-electron chi connectivity index (χ2n) is 8.13. The Hall–Kier alpha value is -3.47. The summed E-state index contributed by atoms with van der Waals surface area (Å²) in [5.41, 5.74) is 7.05. The molecule has 0 unspecified atom stereocenters. The van der Waals surface area contributed by atoms with Crippen LogP contribution in [-0.4, -0.2) is 27.8 Å². The number of nitrogens with one attached hydrogen (secondary N) is 1. The number of rotatable bonds is 5. The molecule has 1 aliphatic rings. The summed E-state index contributed by atoms with van der Waals surface area (Å²) >= 11 is 0. The third kappa shape index (κ3) is 3.72. The van der Waals surface area contributed by atoms with Gasteiger partial charge in [0.15, 0.2) is 0 Å². The highest BCUT2D eigenvalue weighted by Gasteiger charge is 2.20. The van der Waals surface area contributed by atoms with Crippen molar-refractivity contribution in [3.8, 4) is 5.95 Å². The minimum atomic E-state index is 0.745. The third-order valence-electron chi connectivity index (χ3n) is 6.01. The highest BCUT2D eigenvalue weighted by molar-refractivity contribution is 5.99. The molecule has 1 N–H and O–H groups in total. The zero-order valence-corrected chi connectivity index (χ0v) is 18.1. The van der Waals surface area contributed by atoms with E-state index in [2.05, 4.69) is 70.3 Å². The van der Waals surface area contributed by atoms with Gasteiger partial charge in [-0.2, -0.15) is 4.98 Å². The van der Waals surface area contributed by atoms with E-state index < -0.39 is 0 Å². The van der Waals surface area contributed by atoms with Crippen LogP contribution in [0.4, 0.5) is 5.82 Å². The molecule has 31 heavy (non-hydrogen) atoms. The minimum absolute atomic E-state index is 0.745. The minimum Gasteiger partial charge on any atom is -0.366 e. The fourth-order valence-corrected chi connectivity index (χ4v) is 4.51. The van der Waals surface area contributed by atoms with Crippen molar-refractivity contribution in [2.24, 2.45) is 4.99 Å². The lowest BCUT2D eigenvalue weighted by Gasteiger charge is -2.21. The Morgan fingerprint density at radius 1 is 1.03 bits per heavy atom. The van der Waals surface area contributed by atoms with Crippen LogP contribution in [0.2, 0.25) is 0 Å². The molecule has 0 radical (unpaired) electrons. The van der Waals surface area contributed by atoms with Crippen LogP contribution < -0.4 is 5.32 Å². The summed E-state index contributed by atoms with van der Waals surface area (Å²) in [6, 6.07) is 19.0. The van der Waals surface area contributed by atoms with Gasteiger partial charge in [-0.3, -0.25) is 9.56 Å². The molecule has 0 atom stereocenters. The summed E-state index contributed by atoms with van der Waals surface area (Å²) in [4.78, 5) is 14.3. The van der Waals surface area contributed by atoms with Crippen LogP contribution in [0.5, 0.6) is 0 Å². The summed E-state index contributed by atoms with van der Waals surface area (Å²) in [5.74, 6) is 1.71. The van der Waals surface area contributed by atoms with Gasteiger partial charge in [-0.1, -0.05) is 42.5 Å². The van der Waals surface area contributed by atoms with Crippen molar-refractivity contribution in [1.82, 2.24) is 14.5 Å². The quantitative estimate of drug-likeness (QED) is 0.457. The molecule has 1 aliphatic carbocycles. The first kappa shape index (κ1) is 19.5. The molecule has 4 aromatic rings. The zero-order chi connectivity index (χ0) is 21.2. The molecule has 0 amide bonds. The van der Waals surface area contributed by atoms with Crippen molar-refractivity contribution < 1.29 is 0 Å². The largest absolute Gasteiger partial charge is 0.366 e. The maximum atomic E-state index is 5.04. The number of anilines is 1. The predicted octanol–water partition coefficient (Wildman–Crippen LogP) is 5.27. The Morgan fingerprint density at radius 3 is 2.71 bits per heavy atom.